The fourth-order valence-corrected chi connectivity index (χ4v) is 3.55. The predicted molar refractivity (Wildman–Crippen MR) is 104 cm³/mol. The van der Waals surface area contributed by atoms with Gasteiger partial charge in [0.15, 0.2) is 0 Å². The van der Waals surface area contributed by atoms with Gasteiger partial charge in [-0.15, -0.1) is 0 Å². The van der Waals surface area contributed by atoms with E-state index in [0.29, 0.717) is 12.8 Å². The second-order valence-electron chi connectivity index (χ2n) is 5.19. The number of sulfonamides is 1. The Morgan fingerprint density at radius 1 is 1.12 bits per heavy atom. The lowest BCUT2D eigenvalue weighted by Crippen LogP contribution is -2.28. The number of carbonyl (C=O) groups excluding carboxylic acids is 1. The van der Waals surface area contributed by atoms with Crippen LogP contribution in [0, 0.1) is 3.57 Å². The zero-order valence-corrected chi connectivity index (χ0v) is 16.6. The molecule has 2 aromatic rings. The molecule has 0 aromatic heterocycles. The normalized spacial score (nSPS) is 11.8. The summed E-state index contributed by atoms with van der Waals surface area (Å²) < 4.78 is 32.8. The monoisotopic (exact) mass is 471 g/mol. The molecule has 0 aliphatic heterocycles. The molecule has 0 bridgehead atoms. The van der Waals surface area contributed by atoms with E-state index in [2.05, 4.69) is 32.0 Å². The molecule has 1 N–H and O–H groups in total. The molecular weight excluding hydrogens is 453 g/mol. The number of carbonyl (C=O) groups is 1. The van der Waals surface area contributed by atoms with E-state index < -0.39 is 16.0 Å². The molecule has 2 aromatic carbocycles. The number of aryl methyl sites for hydroxylation is 1. The first kappa shape index (κ1) is 19.5. The minimum Gasteiger partial charge on any atom is -0.464 e. The summed E-state index contributed by atoms with van der Waals surface area (Å²) in [5.74, 6) is -0.720. The van der Waals surface area contributed by atoms with E-state index in [0.717, 1.165) is 9.13 Å². The largest absolute Gasteiger partial charge is 0.464 e. The highest BCUT2D eigenvalue weighted by Crippen LogP contribution is 2.14. The third kappa shape index (κ3) is 5.86. The molecule has 0 radical (unpaired) electrons. The van der Waals surface area contributed by atoms with Crippen LogP contribution >= 0.6 is 22.6 Å². The van der Waals surface area contributed by atoms with Crippen molar-refractivity contribution in [3.05, 3.63) is 75.5 Å². The Labute approximate surface area is 161 Å². The predicted octanol–water partition coefficient (Wildman–Crippen LogP) is 3.26. The lowest BCUT2D eigenvalue weighted by atomic mass is 10.1. The second kappa shape index (κ2) is 9.00. The van der Waals surface area contributed by atoms with Gasteiger partial charge < -0.3 is 4.74 Å². The lowest BCUT2D eigenvalue weighted by Gasteiger charge is -2.10. The summed E-state index contributed by atoms with van der Waals surface area (Å²) >= 11 is 2.09. The second-order valence-corrected chi connectivity index (χ2v) is 8.12. The van der Waals surface area contributed by atoms with Crippen molar-refractivity contribution in [2.24, 2.45) is 0 Å². The molecule has 5 nitrogen and oxygen atoms in total. The summed E-state index contributed by atoms with van der Waals surface area (Å²) in [7, 11) is -2.63. The van der Waals surface area contributed by atoms with Gasteiger partial charge in [-0.25, -0.2) is 13.2 Å². The zero-order chi connectivity index (χ0) is 18.3. The first-order valence-electron chi connectivity index (χ1n) is 7.53. The number of halogens is 1. The quantitative estimate of drug-likeness (QED) is 0.383. The lowest BCUT2D eigenvalue weighted by molar-refractivity contribution is -0.136. The van der Waals surface area contributed by atoms with Crippen LogP contribution < -0.4 is 4.72 Å². The van der Waals surface area contributed by atoms with Gasteiger partial charge in [0.25, 0.3) is 10.0 Å². The molecule has 0 aliphatic rings. The molecule has 0 spiro atoms. The highest BCUT2D eigenvalue weighted by molar-refractivity contribution is 14.1. The summed E-state index contributed by atoms with van der Waals surface area (Å²) in [5, 5.41) is 0. The number of hydrogen-bond acceptors (Lipinski definition) is 4. The minimum atomic E-state index is -3.85. The number of benzene rings is 2. The third-order valence-corrected chi connectivity index (χ3v) is 5.50. The number of rotatable bonds is 7. The third-order valence-electron chi connectivity index (χ3n) is 3.40. The molecule has 0 fully saturated rings. The molecule has 0 saturated heterocycles. The van der Waals surface area contributed by atoms with E-state index in [9.17, 15) is 13.2 Å². The van der Waals surface area contributed by atoms with E-state index in [1.54, 1.807) is 18.2 Å². The Kier molecular flexibility index (Phi) is 7.01. The van der Waals surface area contributed by atoms with Crippen LogP contribution in [0.2, 0.25) is 0 Å². The highest BCUT2D eigenvalue weighted by Gasteiger charge is 2.19. The SMILES string of the molecule is COC(=O)C(=CCCc1ccccc1)NS(=O)(=O)c1ccc(I)cc1. The van der Waals surface area contributed by atoms with Gasteiger partial charge in [-0.3, -0.25) is 4.72 Å². The molecule has 0 amide bonds. The maximum atomic E-state index is 12.4. The average Bonchev–Trinajstić information content (AvgIpc) is 2.61. The molecule has 0 heterocycles. The average molecular weight is 471 g/mol. The van der Waals surface area contributed by atoms with Crippen molar-refractivity contribution in [2.45, 2.75) is 17.7 Å². The fraction of sp³-hybridized carbons (Fsp3) is 0.167. The summed E-state index contributed by atoms with van der Waals surface area (Å²) in [6, 6.07) is 16.1. The van der Waals surface area contributed by atoms with Crippen LogP contribution in [0.1, 0.15) is 12.0 Å². The molecule has 0 aliphatic carbocycles. The van der Waals surface area contributed by atoms with Gasteiger partial charge in [-0.1, -0.05) is 36.4 Å². The summed E-state index contributed by atoms with van der Waals surface area (Å²) in [6.07, 6.45) is 2.74. The van der Waals surface area contributed by atoms with Crippen molar-refractivity contribution in [1.82, 2.24) is 4.72 Å². The van der Waals surface area contributed by atoms with Gasteiger partial charge in [0.05, 0.1) is 12.0 Å². The van der Waals surface area contributed by atoms with Crippen LogP contribution in [-0.2, 0) is 26.0 Å². The number of methoxy groups -OCH3 is 1. The van der Waals surface area contributed by atoms with Crippen LogP contribution in [0.3, 0.4) is 0 Å². The van der Waals surface area contributed by atoms with E-state index in [4.69, 9.17) is 0 Å². The summed E-state index contributed by atoms with van der Waals surface area (Å²) in [4.78, 5) is 12.0. The molecule has 0 unspecified atom stereocenters. The number of hydrogen-bond donors (Lipinski definition) is 1. The van der Waals surface area contributed by atoms with Crippen molar-refractivity contribution in [2.75, 3.05) is 7.11 Å². The van der Waals surface area contributed by atoms with Gasteiger partial charge in [0.2, 0.25) is 0 Å². The number of esters is 1. The van der Waals surface area contributed by atoms with E-state index in [1.807, 2.05) is 30.3 Å². The smallest absolute Gasteiger partial charge is 0.354 e. The van der Waals surface area contributed by atoms with Gasteiger partial charge >= 0.3 is 5.97 Å². The minimum absolute atomic E-state index is 0.0861. The van der Waals surface area contributed by atoms with Crippen molar-refractivity contribution >= 4 is 38.6 Å². The van der Waals surface area contributed by atoms with Crippen LogP contribution in [0.5, 0.6) is 0 Å². The molecule has 0 atom stereocenters. The van der Waals surface area contributed by atoms with Crippen LogP contribution in [0.4, 0.5) is 0 Å². The zero-order valence-electron chi connectivity index (χ0n) is 13.6. The molecule has 132 valence electrons. The molecule has 7 heteroatoms. The maximum Gasteiger partial charge on any atom is 0.354 e. The number of nitrogens with one attached hydrogen (secondary N) is 1. The van der Waals surface area contributed by atoms with E-state index in [1.165, 1.54) is 19.2 Å². The van der Waals surface area contributed by atoms with Gasteiger partial charge in [-0.2, -0.15) is 0 Å². The fourth-order valence-electron chi connectivity index (χ4n) is 2.12. The van der Waals surface area contributed by atoms with Crippen molar-refractivity contribution in [1.29, 1.82) is 0 Å². The molecular formula is C18H18INO4S. The van der Waals surface area contributed by atoms with E-state index in [-0.39, 0.29) is 10.6 Å². The number of allylic oxidation sites excluding steroid dienone is 1. The first-order chi connectivity index (χ1) is 11.9. The summed E-state index contributed by atoms with van der Waals surface area (Å²) in [5.41, 5.74) is 1.01. The topological polar surface area (TPSA) is 72.5 Å². The Morgan fingerprint density at radius 3 is 2.36 bits per heavy atom. The first-order valence-corrected chi connectivity index (χ1v) is 10.1. The molecule has 2 rings (SSSR count). The molecule has 0 saturated carbocycles. The standard InChI is InChI=1S/C18H18INO4S/c1-24-18(21)17(9-5-8-14-6-3-2-4-7-14)20-25(22,23)16-12-10-15(19)11-13-16/h2-4,6-7,9-13,20H,5,8H2,1H3. The highest BCUT2D eigenvalue weighted by atomic mass is 127. The Balaban J connectivity index is 2.15. The van der Waals surface area contributed by atoms with Crippen LogP contribution in [0.25, 0.3) is 0 Å². The van der Waals surface area contributed by atoms with Crippen LogP contribution in [-0.4, -0.2) is 21.5 Å². The number of ether oxygens (including phenoxy) is 1. The maximum absolute atomic E-state index is 12.4. The Hall–Kier alpha value is -1.87. The Bertz CT molecular complexity index is 846. The van der Waals surface area contributed by atoms with Crippen molar-refractivity contribution < 1.29 is 17.9 Å². The van der Waals surface area contributed by atoms with Gasteiger partial charge in [0, 0.05) is 3.57 Å². The van der Waals surface area contributed by atoms with Gasteiger partial charge in [-0.05, 0) is 65.3 Å². The van der Waals surface area contributed by atoms with Crippen molar-refractivity contribution in [3.63, 3.8) is 0 Å². The van der Waals surface area contributed by atoms with Crippen LogP contribution in [0.15, 0.2) is 71.3 Å². The molecule has 25 heavy (non-hydrogen) atoms. The Morgan fingerprint density at radius 2 is 1.76 bits per heavy atom. The van der Waals surface area contributed by atoms with E-state index >= 15 is 0 Å². The van der Waals surface area contributed by atoms with Crippen molar-refractivity contribution in [3.8, 4) is 0 Å². The van der Waals surface area contributed by atoms with Gasteiger partial charge in [0.1, 0.15) is 5.70 Å². The summed E-state index contributed by atoms with van der Waals surface area (Å²) in [6.45, 7) is 0.